The molecule has 6 heteroatoms. The molecule has 1 N–H and O–H groups in total. The summed E-state index contributed by atoms with van der Waals surface area (Å²) in [6, 6.07) is 7.63. The van der Waals surface area contributed by atoms with E-state index in [9.17, 15) is 9.59 Å². The molecule has 0 radical (unpaired) electrons. The number of rotatable bonds is 6. The van der Waals surface area contributed by atoms with Crippen molar-refractivity contribution in [1.29, 1.82) is 0 Å². The predicted molar refractivity (Wildman–Crippen MR) is 109 cm³/mol. The number of piperidine rings is 1. The van der Waals surface area contributed by atoms with Gasteiger partial charge in [0.15, 0.2) is 0 Å². The fourth-order valence-corrected chi connectivity index (χ4v) is 4.21. The Morgan fingerprint density at radius 2 is 1.89 bits per heavy atom. The minimum Gasteiger partial charge on any atom is -0.497 e. The molecule has 1 aromatic rings. The van der Waals surface area contributed by atoms with Gasteiger partial charge in [-0.2, -0.15) is 0 Å². The number of hydrogen-bond donors (Lipinski definition) is 1. The number of nitrogens with one attached hydrogen (secondary N) is 1. The van der Waals surface area contributed by atoms with Gasteiger partial charge in [-0.1, -0.05) is 19.1 Å². The Bertz CT molecular complexity index is 665. The Hall–Kier alpha value is -2.08. The van der Waals surface area contributed by atoms with Crippen LogP contribution in [0.2, 0.25) is 0 Å². The Kier molecular flexibility index (Phi) is 7.31. The van der Waals surface area contributed by atoms with Gasteiger partial charge in [-0.05, 0) is 55.5 Å². The van der Waals surface area contributed by atoms with Crippen LogP contribution in [-0.2, 0) is 16.0 Å². The Morgan fingerprint density at radius 1 is 1.18 bits per heavy atom. The third kappa shape index (κ3) is 5.47. The number of benzene rings is 1. The molecule has 154 valence electrons. The van der Waals surface area contributed by atoms with Crippen LogP contribution in [0.3, 0.4) is 0 Å². The number of carbonyl (C=O) groups excluding carboxylic acids is 2. The van der Waals surface area contributed by atoms with Crippen LogP contribution in [0.1, 0.15) is 31.7 Å². The molecule has 28 heavy (non-hydrogen) atoms. The molecule has 1 aromatic carbocycles. The number of ether oxygens (including phenoxy) is 1. The zero-order valence-electron chi connectivity index (χ0n) is 17.2. The lowest BCUT2D eigenvalue weighted by atomic mass is 9.85. The summed E-state index contributed by atoms with van der Waals surface area (Å²) in [7, 11) is 1.63. The normalized spacial score (nSPS) is 21.3. The maximum Gasteiger partial charge on any atom is 0.227 e. The fraction of sp³-hybridized carbons (Fsp3) is 0.636. The molecule has 2 unspecified atom stereocenters. The van der Waals surface area contributed by atoms with Crippen molar-refractivity contribution >= 4 is 11.8 Å². The average Bonchev–Trinajstić information content (AvgIpc) is 2.74. The van der Waals surface area contributed by atoms with Crippen LogP contribution in [0.5, 0.6) is 5.75 Å². The van der Waals surface area contributed by atoms with Gasteiger partial charge in [-0.3, -0.25) is 9.59 Å². The molecular weight excluding hydrogens is 354 g/mol. The highest BCUT2D eigenvalue weighted by atomic mass is 16.5. The first kappa shape index (κ1) is 20.6. The summed E-state index contributed by atoms with van der Waals surface area (Å²) >= 11 is 0. The van der Waals surface area contributed by atoms with Gasteiger partial charge in [0.2, 0.25) is 11.8 Å². The highest BCUT2D eigenvalue weighted by Gasteiger charge is 2.27. The van der Waals surface area contributed by atoms with E-state index in [2.05, 4.69) is 12.2 Å². The summed E-state index contributed by atoms with van der Waals surface area (Å²) < 4.78 is 5.22. The van der Waals surface area contributed by atoms with E-state index in [0.717, 1.165) is 24.4 Å². The molecule has 2 aliphatic rings. The van der Waals surface area contributed by atoms with Crippen molar-refractivity contribution in [1.82, 2.24) is 15.1 Å². The molecule has 2 saturated heterocycles. The molecule has 0 spiro atoms. The van der Waals surface area contributed by atoms with Crippen LogP contribution in [0, 0.1) is 11.8 Å². The summed E-state index contributed by atoms with van der Waals surface area (Å²) in [4.78, 5) is 29.1. The average molecular weight is 388 g/mol. The Balaban J connectivity index is 1.44. The van der Waals surface area contributed by atoms with Gasteiger partial charge in [0.1, 0.15) is 5.75 Å². The van der Waals surface area contributed by atoms with Crippen molar-refractivity contribution in [3.8, 4) is 5.75 Å². The summed E-state index contributed by atoms with van der Waals surface area (Å²) in [6.07, 6.45) is 3.41. The van der Waals surface area contributed by atoms with Gasteiger partial charge in [0.05, 0.1) is 13.5 Å². The molecule has 3 rings (SSSR count). The van der Waals surface area contributed by atoms with E-state index in [0.29, 0.717) is 50.9 Å². The van der Waals surface area contributed by atoms with Crippen molar-refractivity contribution in [3.05, 3.63) is 29.8 Å². The van der Waals surface area contributed by atoms with Crippen LogP contribution in [0.25, 0.3) is 0 Å². The second-order valence-corrected chi connectivity index (χ2v) is 8.08. The SMILES string of the molecule is COc1cccc(CC(=O)N2CCN(C(=O)CC(C)C3CCCNC3)CC2)c1. The number of piperazine rings is 1. The van der Waals surface area contributed by atoms with Crippen molar-refractivity contribution in [2.75, 3.05) is 46.4 Å². The maximum atomic E-state index is 12.7. The molecule has 2 amide bonds. The topological polar surface area (TPSA) is 61.9 Å². The van der Waals surface area contributed by atoms with Crippen molar-refractivity contribution in [2.24, 2.45) is 11.8 Å². The van der Waals surface area contributed by atoms with Crippen molar-refractivity contribution in [3.63, 3.8) is 0 Å². The van der Waals surface area contributed by atoms with E-state index in [1.54, 1.807) is 7.11 Å². The first-order valence-electron chi connectivity index (χ1n) is 10.5. The van der Waals surface area contributed by atoms with Crippen LogP contribution in [0.4, 0.5) is 0 Å². The van der Waals surface area contributed by atoms with E-state index >= 15 is 0 Å². The smallest absolute Gasteiger partial charge is 0.227 e. The van der Waals surface area contributed by atoms with Gasteiger partial charge in [-0.15, -0.1) is 0 Å². The van der Waals surface area contributed by atoms with E-state index in [1.807, 2.05) is 34.1 Å². The summed E-state index contributed by atoms with van der Waals surface area (Å²) in [5.74, 6) is 2.12. The minimum absolute atomic E-state index is 0.113. The molecule has 2 fully saturated rings. The van der Waals surface area contributed by atoms with Crippen LogP contribution in [-0.4, -0.2) is 68.0 Å². The number of hydrogen-bond acceptors (Lipinski definition) is 4. The third-order valence-electron chi connectivity index (χ3n) is 6.11. The maximum absolute atomic E-state index is 12.7. The third-order valence-corrected chi connectivity index (χ3v) is 6.11. The highest BCUT2D eigenvalue weighted by molar-refractivity contribution is 5.80. The summed E-state index contributed by atoms with van der Waals surface area (Å²) in [6.45, 7) is 6.84. The largest absolute Gasteiger partial charge is 0.497 e. The van der Waals surface area contributed by atoms with E-state index in [4.69, 9.17) is 4.74 Å². The van der Waals surface area contributed by atoms with Gasteiger partial charge >= 0.3 is 0 Å². The van der Waals surface area contributed by atoms with Gasteiger partial charge in [0.25, 0.3) is 0 Å². The van der Waals surface area contributed by atoms with Crippen molar-refractivity contribution in [2.45, 2.75) is 32.6 Å². The van der Waals surface area contributed by atoms with Crippen molar-refractivity contribution < 1.29 is 14.3 Å². The first-order chi connectivity index (χ1) is 13.6. The van der Waals surface area contributed by atoms with E-state index in [-0.39, 0.29) is 11.8 Å². The minimum atomic E-state index is 0.113. The number of nitrogens with zero attached hydrogens (tertiary/aromatic N) is 2. The molecular formula is C22H33N3O3. The Labute approximate surface area is 168 Å². The zero-order valence-corrected chi connectivity index (χ0v) is 17.2. The molecule has 0 aliphatic carbocycles. The summed E-state index contributed by atoms with van der Waals surface area (Å²) in [5, 5.41) is 3.44. The molecule has 0 bridgehead atoms. The molecule has 2 heterocycles. The predicted octanol–water partition coefficient (Wildman–Crippen LogP) is 1.93. The lowest BCUT2D eigenvalue weighted by molar-refractivity contribution is -0.140. The number of amides is 2. The van der Waals surface area contributed by atoms with Crippen LogP contribution in [0.15, 0.2) is 24.3 Å². The van der Waals surface area contributed by atoms with Crippen LogP contribution >= 0.6 is 0 Å². The highest BCUT2D eigenvalue weighted by Crippen LogP contribution is 2.23. The van der Waals surface area contributed by atoms with E-state index < -0.39 is 0 Å². The van der Waals surface area contributed by atoms with Gasteiger partial charge < -0.3 is 19.9 Å². The second kappa shape index (κ2) is 9.92. The second-order valence-electron chi connectivity index (χ2n) is 8.08. The molecule has 0 saturated carbocycles. The molecule has 2 aliphatic heterocycles. The Morgan fingerprint density at radius 3 is 2.54 bits per heavy atom. The first-order valence-corrected chi connectivity index (χ1v) is 10.5. The molecule has 0 aromatic heterocycles. The van der Waals surface area contributed by atoms with Gasteiger partial charge in [-0.25, -0.2) is 0 Å². The fourth-order valence-electron chi connectivity index (χ4n) is 4.21. The monoisotopic (exact) mass is 387 g/mol. The van der Waals surface area contributed by atoms with E-state index in [1.165, 1.54) is 12.8 Å². The molecule has 6 nitrogen and oxygen atoms in total. The summed E-state index contributed by atoms with van der Waals surface area (Å²) in [5.41, 5.74) is 0.956. The number of methoxy groups -OCH3 is 1. The quantitative estimate of drug-likeness (QED) is 0.810. The number of carbonyl (C=O) groups is 2. The lowest BCUT2D eigenvalue weighted by Gasteiger charge is -2.36. The van der Waals surface area contributed by atoms with Gasteiger partial charge in [0, 0.05) is 32.6 Å². The van der Waals surface area contributed by atoms with Crippen LogP contribution < -0.4 is 10.1 Å². The zero-order chi connectivity index (χ0) is 19.9. The standard InChI is InChI=1S/C22H33N3O3/c1-17(19-6-4-8-23-16-19)13-21(26)24-9-11-25(12-10-24)22(27)15-18-5-3-7-20(14-18)28-2/h3,5,7,14,17,19,23H,4,6,8-13,15-16H2,1-2H3. The lowest BCUT2D eigenvalue weighted by Crippen LogP contribution is -2.51. The molecule has 2 atom stereocenters.